The number of anilines is 1. The van der Waals surface area contributed by atoms with Crippen molar-refractivity contribution in [1.29, 1.82) is 0 Å². The molecule has 0 bridgehead atoms. The predicted molar refractivity (Wildman–Crippen MR) is 62.9 cm³/mol. The number of nitrogens with one attached hydrogen (secondary N) is 1. The normalized spacial score (nSPS) is 9.53. The van der Waals surface area contributed by atoms with Crippen LogP contribution in [0.15, 0.2) is 24.3 Å². The molecule has 1 aromatic carbocycles. The topological polar surface area (TPSA) is 64.6 Å². The SMILES string of the molecule is CCOC(=O)C(=O)Nc1ccccc1OCC. The summed E-state index contributed by atoms with van der Waals surface area (Å²) in [5.74, 6) is -1.19. The molecule has 0 fully saturated rings. The minimum Gasteiger partial charge on any atom is -0.492 e. The first-order valence-corrected chi connectivity index (χ1v) is 5.39. The zero-order valence-electron chi connectivity index (χ0n) is 9.86. The van der Waals surface area contributed by atoms with Crippen molar-refractivity contribution in [2.45, 2.75) is 13.8 Å². The molecule has 5 nitrogen and oxygen atoms in total. The molecule has 0 radical (unpaired) electrons. The third-order valence-corrected chi connectivity index (χ3v) is 1.90. The summed E-state index contributed by atoms with van der Waals surface area (Å²) in [6.07, 6.45) is 0. The molecule has 1 N–H and O–H groups in total. The lowest BCUT2D eigenvalue weighted by atomic mass is 10.3. The number of ether oxygens (including phenoxy) is 2. The first-order valence-electron chi connectivity index (χ1n) is 5.39. The van der Waals surface area contributed by atoms with Gasteiger partial charge >= 0.3 is 11.9 Å². The molecule has 0 saturated heterocycles. The fraction of sp³-hybridized carbons (Fsp3) is 0.333. The van der Waals surface area contributed by atoms with E-state index in [4.69, 9.17) is 4.74 Å². The van der Waals surface area contributed by atoms with Crippen molar-refractivity contribution < 1.29 is 19.1 Å². The van der Waals surface area contributed by atoms with Crippen LogP contribution in [0.25, 0.3) is 0 Å². The highest BCUT2D eigenvalue weighted by molar-refractivity contribution is 6.37. The summed E-state index contributed by atoms with van der Waals surface area (Å²) in [6, 6.07) is 6.89. The van der Waals surface area contributed by atoms with E-state index in [1.807, 2.05) is 6.92 Å². The van der Waals surface area contributed by atoms with Crippen LogP contribution in [-0.4, -0.2) is 25.1 Å². The summed E-state index contributed by atoms with van der Waals surface area (Å²) in [5, 5.41) is 2.44. The van der Waals surface area contributed by atoms with Gasteiger partial charge in [0.2, 0.25) is 0 Å². The summed E-state index contributed by atoms with van der Waals surface area (Å²) in [4.78, 5) is 22.6. The molecule has 1 aromatic rings. The summed E-state index contributed by atoms with van der Waals surface area (Å²) in [6.45, 7) is 4.12. The molecule has 0 saturated carbocycles. The number of carbonyl (C=O) groups excluding carboxylic acids is 2. The Bertz CT molecular complexity index is 403. The molecule has 1 amide bonds. The maximum Gasteiger partial charge on any atom is 0.397 e. The van der Waals surface area contributed by atoms with Gasteiger partial charge in [-0.1, -0.05) is 12.1 Å². The Balaban J connectivity index is 2.73. The molecule has 17 heavy (non-hydrogen) atoms. The number of hydrogen-bond donors (Lipinski definition) is 1. The van der Waals surface area contributed by atoms with Gasteiger partial charge in [-0.15, -0.1) is 0 Å². The highest BCUT2D eigenvalue weighted by Crippen LogP contribution is 2.23. The van der Waals surface area contributed by atoms with Crippen LogP contribution in [-0.2, 0) is 14.3 Å². The van der Waals surface area contributed by atoms with E-state index >= 15 is 0 Å². The number of rotatable bonds is 4. The van der Waals surface area contributed by atoms with E-state index in [-0.39, 0.29) is 6.61 Å². The van der Waals surface area contributed by atoms with E-state index < -0.39 is 11.9 Å². The second-order valence-corrected chi connectivity index (χ2v) is 3.10. The average Bonchev–Trinajstić information content (AvgIpc) is 2.32. The zero-order chi connectivity index (χ0) is 12.7. The van der Waals surface area contributed by atoms with Crippen LogP contribution in [0.5, 0.6) is 5.75 Å². The van der Waals surface area contributed by atoms with E-state index in [0.717, 1.165) is 0 Å². The van der Waals surface area contributed by atoms with Gasteiger partial charge in [0.25, 0.3) is 0 Å². The third-order valence-electron chi connectivity index (χ3n) is 1.90. The lowest BCUT2D eigenvalue weighted by molar-refractivity contribution is -0.152. The molecule has 0 aliphatic carbocycles. The monoisotopic (exact) mass is 237 g/mol. The minimum atomic E-state index is -0.904. The van der Waals surface area contributed by atoms with Crippen molar-refractivity contribution >= 4 is 17.6 Å². The average molecular weight is 237 g/mol. The number of amides is 1. The van der Waals surface area contributed by atoms with Gasteiger partial charge in [0.15, 0.2) is 0 Å². The molecular weight excluding hydrogens is 222 g/mol. The van der Waals surface area contributed by atoms with Gasteiger partial charge in [0.05, 0.1) is 18.9 Å². The third kappa shape index (κ3) is 3.79. The summed E-state index contributed by atoms with van der Waals surface area (Å²) < 4.78 is 9.89. The number of benzene rings is 1. The summed E-state index contributed by atoms with van der Waals surface area (Å²) in [7, 11) is 0. The predicted octanol–water partition coefficient (Wildman–Crippen LogP) is 1.59. The molecule has 0 heterocycles. The Morgan fingerprint density at radius 1 is 1.18 bits per heavy atom. The molecule has 0 aliphatic heterocycles. The molecular formula is C12H15NO4. The fourth-order valence-electron chi connectivity index (χ4n) is 1.22. The highest BCUT2D eigenvalue weighted by atomic mass is 16.5. The van der Waals surface area contributed by atoms with E-state index in [9.17, 15) is 9.59 Å². The Morgan fingerprint density at radius 2 is 1.88 bits per heavy atom. The molecule has 0 atom stereocenters. The Hall–Kier alpha value is -2.04. The van der Waals surface area contributed by atoms with Crippen LogP contribution >= 0.6 is 0 Å². The quantitative estimate of drug-likeness (QED) is 0.638. The largest absolute Gasteiger partial charge is 0.492 e. The second-order valence-electron chi connectivity index (χ2n) is 3.10. The lowest BCUT2D eigenvalue weighted by Crippen LogP contribution is -2.25. The van der Waals surface area contributed by atoms with Crippen molar-refractivity contribution in [3.8, 4) is 5.75 Å². The Kier molecular flexibility index (Phi) is 5.00. The number of esters is 1. The van der Waals surface area contributed by atoms with Gasteiger partial charge in [-0.2, -0.15) is 0 Å². The standard InChI is InChI=1S/C12H15NO4/c1-3-16-10-8-6-5-7-9(10)13-11(14)12(15)17-4-2/h5-8H,3-4H2,1-2H3,(H,13,14). The Morgan fingerprint density at radius 3 is 2.53 bits per heavy atom. The van der Waals surface area contributed by atoms with Crippen LogP contribution in [0.4, 0.5) is 5.69 Å². The van der Waals surface area contributed by atoms with Gasteiger partial charge in [0.1, 0.15) is 5.75 Å². The maximum absolute atomic E-state index is 11.4. The van der Waals surface area contributed by atoms with E-state index in [0.29, 0.717) is 18.0 Å². The van der Waals surface area contributed by atoms with Crippen molar-refractivity contribution in [3.63, 3.8) is 0 Å². The number of hydrogen-bond acceptors (Lipinski definition) is 4. The molecule has 92 valence electrons. The van der Waals surface area contributed by atoms with Gasteiger partial charge in [-0.3, -0.25) is 4.79 Å². The molecule has 1 rings (SSSR count). The summed E-state index contributed by atoms with van der Waals surface area (Å²) >= 11 is 0. The van der Waals surface area contributed by atoms with Gasteiger partial charge in [-0.25, -0.2) is 4.79 Å². The van der Waals surface area contributed by atoms with Gasteiger partial charge in [0, 0.05) is 0 Å². The Labute approximate surface area is 99.7 Å². The fourth-order valence-corrected chi connectivity index (χ4v) is 1.22. The molecule has 0 aromatic heterocycles. The van der Waals surface area contributed by atoms with Crippen molar-refractivity contribution in [2.24, 2.45) is 0 Å². The van der Waals surface area contributed by atoms with Crippen molar-refractivity contribution in [3.05, 3.63) is 24.3 Å². The zero-order valence-corrected chi connectivity index (χ0v) is 9.86. The van der Waals surface area contributed by atoms with Crippen LogP contribution in [0.3, 0.4) is 0 Å². The molecule has 0 aliphatic rings. The smallest absolute Gasteiger partial charge is 0.397 e. The van der Waals surface area contributed by atoms with E-state index in [2.05, 4.69) is 10.1 Å². The second kappa shape index (κ2) is 6.52. The first-order chi connectivity index (χ1) is 8.19. The molecule has 5 heteroatoms. The molecule has 0 spiro atoms. The van der Waals surface area contributed by atoms with Crippen LogP contribution in [0, 0.1) is 0 Å². The van der Waals surface area contributed by atoms with E-state index in [1.54, 1.807) is 31.2 Å². The van der Waals surface area contributed by atoms with Gasteiger partial charge < -0.3 is 14.8 Å². The summed E-state index contributed by atoms with van der Waals surface area (Å²) in [5.41, 5.74) is 0.451. The van der Waals surface area contributed by atoms with Crippen LogP contribution in [0.1, 0.15) is 13.8 Å². The van der Waals surface area contributed by atoms with Crippen molar-refractivity contribution in [1.82, 2.24) is 0 Å². The van der Waals surface area contributed by atoms with E-state index in [1.165, 1.54) is 0 Å². The van der Waals surface area contributed by atoms with Gasteiger partial charge in [-0.05, 0) is 26.0 Å². The van der Waals surface area contributed by atoms with Crippen LogP contribution < -0.4 is 10.1 Å². The first kappa shape index (κ1) is 13.0. The van der Waals surface area contributed by atoms with Crippen molar-refractivity contribution in [2.75, 3.05) is 18.5 Å². The highest BCUT2D eigenvalue weighted by Gasteiger charge is 2.16. The van der Waals surface area contributed by atoms with Crippen LogP contribution in [0.2, 0.25) is 0 Å². The maximum atomic E-state index is 11.4. The lowest BCUT2D eigenvalue weighted by Gasteiger charge is -2.10. The number of para-hydroxylation sites is 2. The molecule has 0 unspecified atom stereocenters. The minimum absolute atomic E-state index is 0.166. The number of carbonyl (C=O) groups is 2.